The van der Waals surface area contributed by atoms with Gasteiger partial charge in [0.15, 0.2) is 0 Å². The van der Waals surface area contributed by atoms with Gasteiger partial charge in [-0.05, 0) is 6.07 Å². The molecule has 1 aliphatic rings. The molecule has 0 aliphatic carbocycles. The first-order valence-electron chi connectivity index (χ1n) is 5.33. The van der Waals surface area contributed by atoms with Crippen LogP contribution in [0.1, 0.15) is 25.6 Å². The first-order valence-corrected chi connectivity index (χ1v) is 6.77. The number of ether oxygens (including phenoxy) is 1. The molecule has 0 amide bonds. The molecule has 0 fully saturated rings. The van der Waals surface area contributed by atoms with Crippen LogP contribution in [0.5, 0.6) is 0 Å². The number of hydroxylamine groups is 1. The van der Waals surface area contributed by atoms with Crippen molar-refractivity contribution < 1.29 is 27.6 Å². The second-order valence-corrected chi connectivity index (χ2v) is 5.59. The van der Waals surface area contributed by atoms with Crippen LogP contribution in [0, 0.1) is 0 Å². The van der Waals surface area contributed by atoms with Gasteiger partial charge in [0.1, 0.15) is 0 Å². The van der Waals surface area contributed by atoms with Crippen LogP contribution in [0.3, 0.4) is 0 Å². The standard InChI is InChI=1S/C11H11NO6S/c1-7(13)17-11-9-5-3-4-6-10(9)19(15,16)12(11)18-8(2)14/h3-6,11H,1-2H3. The Morgan fingerprint density at radius 1 is 1.16 bits per heavy atom. The van der Waals surface area contributed by atoms with E-state index in [1.165, 1.54) is 18.2 Å². The maximum atomic E-state index is 12.2. The van der Waals surface area contributed by atoms with E-state index in [1.807, 2.05) is 0 Å². The van der Waals surface area contributed by atoms with Crippen LogP contribution in [0.25, 0.3) is 0 Å². The van der Waals surface area contributed by atoms with Gasteiger partial charge in [-0.25, -0.2) is 8.42 Å². The Morgan fingerprint density at radius 3 is 2.37 bits per heavy atom. The Balaban J connectivity index is 2.54. The van der Waals surface area contributed by atoms with Gasteiger partial charge in [0, 0.05) is 23.9 Å². The molecule has 1 aromatic carbocycles. The molecule has 102 valence electrons. The van der Waals surface area contributed by atoms with E-state index in [-0.39, 0.29) is 10.5 Å². The van der Waals surface area contributed by atoms with Crippen molar-refractivity contribution in [2.24, 2.45) is 0 Å². The lowest BCUT2D eigenvalue weighted by Gasteiger charge is -2.20. The van der Waals surface area contributed by atoms with Gasteiger partial charge in [-0.2, -0.15) is 0 Å². The smallest absolute Gasteiger partial charge is 0.323 e. The maximum Gasteiger partial charge on any atom is 0.323 e. The highest BCUT2D eigenvalue weighted by Crippen LogP contribution is 2.40. The zero-order valence-electron chi connectivity index (χ0n) is 10.2. The van der Waals surface area contributed by atoms with Gasteiger partial charge < -0.3 is 9.57 Å². The molecule has 0 radical (unpaired) electrons. The number of carbonyl (C=O) groups is 2. The summed E-state index contributed by atoms with van der Waals surface area (Å²) in [6, 6.07) is 5.97. The SMILES string of the molecule is CC(=O)OC1c2ccccc2S(=O)(=O)N1OC(C)=O. The summed E-state index contributed by atoms with van der Waals surface area (Å²) in [4.78, 5) is 26.7. The van der Waals surface area contributed by atoms with E-state index in [2.05, 4.69) is 4.84 Å². The van der Waals surface area contributed by atoms with E-state index >= 15 is 0 Å². The van der Waals surface area contributed by atoms with E-state index in [4.69, 9.17) is 4.74 Å². The lowest BCUT2D eigenvalue weighted by atomic mass is 10.2. The molecular formula is C11H11NO6S. The molecule has 0 N–H and O–H groups in total. The lowest BCUT2D eigenvalue weighted by Crippen LogP contribution is -2.32. The average molecular weight is 285 g/mol. The Kier molecular flexibility index (Phi) is 3.29. The average Bonchev–Trinajstić information content (AvgIpc) is 2.50. The molecule has 1 heterocycles. The maximum absolute atomic E-state index is 12.2. The van der Waals surface area contributed by atoms with Crippen LogP contribution in [-0.4, -0.2) is 24.8 Å². The Labute approximate surface area is 109 Å². The number of hydrogen-bond acceptors (Lipinski definition) is 6. The van der Waals surface area contributed by atoms with Gasteiger partial charge in [0.25, 0.3) is 10.0 Å². The number of sulfonamides is 1. The zero-order valence-corrected chi connectivity index (χ0v) is 11.0. The number of fused-ring (bicyclic) bond motifs is 1. The Bertz CT molecular complexity index is 638. The van der Waals surface area contributed by atoms with Crippen molar-refractivity contribution in [3.05, 3.63) is 29.8 Å². The van der Waals surface area contributed by atoms with E-state index in [1.54, 1.807) is 6.07 Å². The van der Waals surface area contributed by atoms with Crippen molar-refractivity contribution >= 4 is 22.0 Å². The monoisotopic (exact) mass is 285 g/mol. The first-order chi connectivity index (χ1) is 8.84. The molecule has 1 unspecified atom stereocenters. The van der Waals surface area contributed by atoms with Gasteiger partial charge in [-0.1, -0.05) is 18.2 Å². The molecule has 0 saturated carbocycles. The van der Waals surface area contributed by atoms with E-state index in [0.717, 1.165) is 13.8 Å². The third kappa shape index (κ3) is 2.32. The molecule has 0 spiro atoms. The van der Waals surface area contributed by atoms with Crippen molar-refractivity contribution in [1.82, 2.24) is 4.47 Å². The predicted molar refractivity (Wildman–Crippen MR) is 61.7 cm³/mol. The number of hydrogen-bond donors (Lipinski definition) is 0. The highest BCUT2D eigenvalue weighted by Gasteiger charge is 2.47. The van der Waals surface area contributed by atoms with Crippen molar-refractivity contribution in [3.8, 4) is 0 Å². The lowest BCUT2D eigenvalue weighted by molar-refractivity contribution is -0.203. The molecular weight excluding hydrogens is 274 g/mol. The van der Waals surface area contributed by atoms with Crippen molar-refractivity contribution in [2.45, 2.75) is 25.0 Å². The molecule has 1 aliphatic heterocycles. The number of nitrogens with zero attached hydrogens (tertiary/aromatic N) is 1. The largest absolute Gasteiger partial charge is 0.438 e. The van der Waals surface area contributed by atoms with Gasteiger partial charge >= 0.3 is 11.9 Å². The summed E-state index contributed by atoms with van der Waals surface area (Å²) >= 11 is 0. The highest BCUT2D eigenvalue weighted by molar-refractivity contribution is 7.89. The minimum Gasteiger partial charge on any atom is -0.438 e. The number of rotatable bonds is 2. The molecule has 1 atom stereocenters. The molecule has 0 aromatic heterocycles. The summed E-state index contributed by atoms with van der Waals surface area (Å²) in [7, 11) is -4.02. The van der Waals surface area contributed by atoms with Gasteiger partial charge in [-0.15, -0.1) is 0 Å². The van der Waals surface area contributed by atoms with Crippen molar-refractivity contribution in [1.29, 1.82) is 0 Å². The van der Waals surface area contributed by atoms with E-state index in [0.29, 0.717) is 4.47 Å². The molecule has 7 nitrogen and oxygen atoms in total. The van der Waals surface area contributed by atoms with Crippen LogP contribution >= 0.6 is 0 Å². The summed E-state index contributed by atoms with van der Waals surface area (Å²) in [5.41, 5.74) is 0.249. The third-order valence-corrected chi connectivity index (χ3v) is 4.05. The quantitative estimate of drug-likeness (QED) is 0.744. The molecule has 2 rings (SSSR count). The fraction of sp³-hybridized carbons (Fsp3) is 0.273. The molecule has 1 aromatic rings. The van der Waals surface area contributed by atoms with Gasteiger partial charge in [0.2, 0.25) is 6.23 Å². The summed E-state index contributed by atoms with van der Waals surface area (Å²) in [6.07, 6.45) is -1.29. The minimum absolute atomic E-state index is 0.0532. The first kappa shape index (κ1) is 13.5. The summed E-state index contributed by atoms with van der Waals surface area (Å²) in [5.74, 6) is -1.51. The van der Waals surface area contributed by atoms with Gasteiger partial charge in [-0.3, -0.25) is 9.59 Å². The second kappa shape index (κ2) is 4.63. The van der Waals surface area contributed by atoms with Crippen LogP contribution in [0.4, 0.5) is 0 Å². The number of carbonyl (C=O) groups excluding carboxylic acids is 2. The van der Waals surface area contributed by atoms with Crippen LogP contribution in [0.15, 0.2) is 29.2 Å². The summed E-state index contributed by atoms with van der Waals surface area (Å²) in [5, 5.41) is 0. The molecule has 8 heteroatoms. The van der Waals surface area contributed by atoms with Gasteiger partial charge in [0.05, 0.1) is 4.90 Å². The summed E-state index contributed by atoms with van der Waals surface area (Å²) in [6.45, 7) is 2.20. The van der Waals surface area contributed by atoms with E-state index in [9.17, 15) is 18.0 Å². The zero-order chi connectivity index (χ0) is 14.2. The topological polar surface area (TPSA) is 90.0 Å². The molecule has 0 bridgehead atoms. The van der Waals surface area contributed by atoms with Crippen LogP contribution in [0.2, 0.25) is 0 Å². The van der Waals surface area contributed by atoms with Crippen LogP contribution in [-0.2, 0) is 29.2 Å². The predicted octanol–water partition coefficient (Wildman–Crippen LogP) is 0.731. The minimum atomic E-state index is -4.02. The summed E-state index contributed by atoms with van der Waals surface area (Å²) < 4.78 is 29.7. The van der Waals surface area contributed by atoms with Crippen molar-refractivity contribution in [2.75, 3.05) is 0 Å². The number of benzene rings is 1. The fourth-order valence-electron chi connectivity index (χ4n) is 1.74. The molecule has 0 saturated heterocycles. The third-order valence-electron chi connectivity index (χ3n) is 2.39. The fourth-order valence-corrected chi connectivity index (χ4v) is 3.27. The Hall–Kier alpha value is -1.93. The number of esters is 1. The second-order valence-electron chi connectivity index (χ2n) is 3.84. The normalized spacial score (nSPS) is 20.6. The van der Waals surface area contributed by atoms with E-state index < -0.39 is 28.2 Å². The van der Waals surface area contributed by atoms with Crippen molar-refractivity contribution in [3.63, 3.8) is 0 Å². The highest BCUT2D eigenvalue weighted by atomic mass is 32.2. The Morgan fingerprint density at radius 2 is 1.79 bits per heavy atom. The molecule has 19 heavy (non-hydrogen) atoms. The van der Waals surface area contributed by atoms with Crippen LogP contribution < -0.4 is 0 Å².